The Morgan fingerprint density at radius 1 is 1.22 bits per heavy atom. The van der Waals surface area contributed by atoms with Crippen LogP contribution in [0.15, 0.2) is 42.5 Å². The number of amides is 2. The first-order valence-electron chi connectivity index (χ1n) is 5.95. The second kappa shape index (κ2) is 5.51. The standard InChI is InChI=1S/C14H17N3O/c1-10(15)9-16-14(18)17-13-8-4-6-11-5-2-3-7-12(11)13/h2-8,10H,9,15H2,1H3,(H2,16,17,18). The van der Waals surface area contributed by atoms with Gasteiger partial charge in [0.25, 0.3) is 0 Å². The Morgan fingerprint density at radius 2 is 1.94 bits per heavy atom. The minimum atomic E-state index is -0.233. The number of anilines is 1. The molecule has 4 heteroatoms. The summed E-state index contributed by atoms with van der Waals surface area (Å²) < 4.78 is 0. The molecule has 1 atom stereocenters. The monoisotopic (exact) mass is 243 g/mol. The number of carbonyl (C=O) groups is 1. The normalized spacial score (nSPS) is 12.1. The van der Waals surface area contributed by atoms with Gasteiger partial charge in [0.15, 0.2) is 0 Å². The van der Waals surface area contributed by atoms with Crippen molar-refractivity contribution in [3.63, 3.8) is 0 Å². The fourth-order valence-electron chi connectivity index (χ4n) is 1.75. The lowest BCUT2D eigenvalue weighted by atomic mass is 10.1. The fraction of sp³-hybridized carbons (Fsp3) is 0.214. The third-order valence-electron chi connectivity index (χ3n) is 2.62. The highest BCUT2D eigenvalue weighted by molar-refractivity contribution is 6.01. The molecule has 4 N–H and O–H groups in total. The van der Waals surface area contributed by atoms with Gasteiger partial charge in [-0.15, -0.1) is 0 Å². The van der Waals surface area contributed by atoms with E-state index in [9.17, 15) is 4.79 Å². The topological polar surface area (TPSA) is 67.1 Å². The lowest BCUT2D eigenvalue weighted by Crippen LogP contribution is -2.37. The second-order valence-electron chi connectivity index (χ2n) is 4.34. The summed E-state index contributed by atoms with van der Waals surface area (Å²) in [6, 6.07) is 13.5. The molecule has 0 aliphatic carbocycles. The summed E-state index contributed by atoms with van der Waals surface area (Å²) in [6.45, 7) is 2.30. The van der Waals surface area contributed by atoms with E-state index < -0.39 is 0 Å². The van der Waals surface area contributed by atoms with Gasteiger partial charge >= 0.3 is 6.03 Å². The van der Waals surface area contributed by atoms with Gasteiger partial charge in [0.05, 0.1) is 5.69 Å². The third-order valence-corrected chi connectivity index (χ3v) is 2.62. The van der Waals surface area contributed by atoms with Gasteiger partial charge in [-0.3, -0.25) is 0 Å². The number of hydrogen-bond acceptors (Lipinski definition) is 2. The fourth-order valence-corrected chi connectivity index (χ4v) is 1.75. The number of carbonyl (C=O) groups excluding carboxylic acids is 1. The number of benzene rings is 2. The molecule has 0 aliphatic heterocycles. The van der Waals surface area contributed by atoms with Crippen LogP contribution in [0.4, 0.5) is 10.5 Å². The van der Waals surface area contributed by atoms with Crippen LogP contribution in [0, 0.1) is 0 Å². The van der Waals surface area contributed by atoms with E-state index in [0.29, 0.717) is 6.54 Å². The summed E-state index contributed by atoms with van der Waals surface area (Å²) >= 11 is 0. The van der Waals surface area contributed by atoms with Crippen molar-refractivity contribution in [2.24, 2.45) is 5.73 Å². The van der Waals surface area contributed by atoms with Gasteiger partial charge in [-0.1, -0.05) is 36.4 Å². The van der Waals surface area contributed by atoms with Crippen molar-refractivity contribution in [3.05, 3.63) is 42.5 Å². The summed E-state index contributed by atoms with van der Waals surface area (Å²) in [4.78, 5) is 11.7. The Morgan fingerprint density at radius 3 is 2.72 bits per heavy atom. The lowest BCUT2D eigenvalue weighted by Gasteiger charge is -2.11. The molecule has 0 heterocycles. The van der Waals surface area contributed by atoms with Crippen LogP contribution in [0.5, 0.6) is 0 Å². The van der Waals surface area contributed by atoms with Crippen molar-refractivity contribution >= 4 is 22.5 Å². The predicted molar refractivity (Wildman–Crippen MR) is 74.6 cm³/mol. The van der Waals surface area contributed by atoms with Crippen LogP contribution in [0.1, 0.15) is 6.92 Å². The van der Waals surface area contributed by atoms with E-state index in [1.807, 2.05) is 49.4 Å². The molecule has 18 heavy (non-hydrogen) atoms. The first-order chi connectivity index (χ1) is 8.66. The number of fused-ring (bicyclic) bond motifs is 1. The summed E-state index contributed by atoms with van der Waals surface area (Å²) in [6.07, 6.45) is 0. The summed E-state index contributed by atoms with van der Waals surface area (Å²) in [7, 11) is 0. The van der Waals surface area contributed by atoms with E-state index in [-0.39, 0.29) is 12.1 Å². The molecule has 2 aromatic rings. The molecule has 2 aromatic carbocycles. The van der Waals surface area contributed by atoms with Crippen LogP contribution in [-0.2, 0) is 0 Å². The molecule has 2 amide bonds. The molecular formula is C14H17N3O. The first-order valence-corrected chi connectivity index (χ1v) is 5.95. The molecule has 0 fully saturated rings. The van der Waals surface area contributed by atoms with Crippen LogP contribution in [0.3, 0.4) is 0 Å². The summed E-state index contributed by atoms with van der Waals surface area (Å²) in [5.74, 6) is 0. The van der Waals surface area contributed by atoms with E-state index in [1.54, 1.807) is 0 Å². The number of nitrogens with two attached hydrogens (primary N) is 1. The Balaban J connectivity index is 2.14. The van der Waals surface area contributed by atoms with Crippen LogP contribution >= 0.6 is 0 Å². The van der Waals surface area contributed by atoms with Crippen molar-refractivity contribution in [1.82, 2.24) is 5.32 Å². The molecule has 4 nitrogen and oxygen atoms in total. The van der Waals surface area contributed by atoms with Crippen molar-refractivity contribution in [1.29, 1.82) is 0 Å². The zero-order valence-corrected chi connectivity index (χ0v) is 10.3. The van der Waals surface area contributed by atoms with Crippen molar-refractivity contribution < 1.29 is 4.79 Å². The third kappa shape index (κ3) is 2.99. The Hall–Kier alpha value is -2.07. The van der Waals surface area contributed by atoms with Crippen LogP contribution < -0.4 is 16.4 Å². The lowest BCUT2D eigenvalue weighted by molar-refractivity contribution is 0.251. The van der Waals surface area contributed by atoms with Gasteiger partial charge in [0, 0.05) is 18.0 Å². The maximum atomic E-state index is 11.7. The number of nitrogens with one attached hydrogen (secondary N) is 2. The number of urea groups is 1. The van der Waals surface area contributed by atoms with Gasteiger partial charge in [-0.2, -0.15) is 0 Å². The molecule has 0 radical (unpaired) electrons. The second-order valence-corrected chi connectivity index (χ2v) is 4.34. The zero-order valence-electron chi connectivity index (χ0n) is 10.3. The van der Waals surface area contributed by atoms with Crippen LogP contribution in [-0.4, -0.2) is 18.6 Å². The quantitative estimate of drug-likeness (QED) is 0.774. The Kier molecular flexibility index (Phi) is 3.79. The van der Waals surface area contributed by atoms with Crippen LogP contribution in [0.2, 0.25) is 0 Å². The van der Waals surface area contributed by atoms with Crippen molar-refractivity contribution in [3.8, 4) is 0 Å². The Labute approximate surface area is 106 Å². The first kappa shape index (κ1) is 12.4. The van der Waals surface area contributed by atoms with E-state index in [4.69, 9.17) is 5.73 Å². The predicted octanol–water partition coefficient (Wildman–Crippen LogP) is 2.31. The maximum Gasteiger partial charge on any atom is 0.319 e. The van der Waals surface area contributed by atoms with Crippen molar-refractivity contribution in [2.75, 3.05) is 11.9 Å². The molecule has 0 saturated carbocycles. The molecule has 2 rings (SSSR count). The molecule has 94 valence electrons. The van der Waals surface area contributed by atoms with E-state index >= 15 is 0 Å². The van der Waals surface area contributed by atoms with Gasteiger partial charge in [-0.25, -0.2) is 4.79 Å². The molecule has 0 spiro atoms. The highest BCUT2D eigenvalue weighted by Crippen LogP contribution is 2.22. The molecule has 0 bridgehead atoms. The largest absolute Gasteiger partial charge is 0.336 e. The van der Waals surface area contributed by atoms with E-state index in [0.717, 1.165) is 16.5 Å². The summed E-state index contributed by atoms with van der Waals surface area (Å²) in [5, 5.41) is 7.68. The summed E-state index contributed by atoms with van der Waals surface area (Å²) in [5.41, 5.74) is 6.38. The average Bonchev–Trinajstić information content (AvgIpc) is 2.37. The van der Waals surface area contributed by atoms with Gasteiger partial charge < -0.3 is 16.4 Å². The maximum absolute atomic E-state index is 11.7. The molecule has 0 saturated heterocycles. The van der Waals surface area contributed by atoms with Gasteiger partial charge in [0.1, 0.15) is 0 Å². The van der Waals surface area contributed by atoms with Gasteiger partial charge in [-0.05, 0) is 18.4 Å². The molecule has 0 aromatic heterocycles. The van der Waals surface area contributed by atoms with Crippen LogP contribution in [0.25, 0.3) is 10.8 Å². The van der Waals surface area contributed by atoms with Crippen molar-refractivity contribution in [2.45, 2.75) is 13.0 Å². The number of rotatable bonds is 3. The minimum Gasteiger partial charge on any atom is -0.336 e. The average molecular weight is 243 g/mol. The number of hydrogen-bond donors (Lipinski definition) is 3. The molecule has 0 aliphatic rings. The van der Waals surface area contributed by atoms with E-state index in [1.165, 1.54) is 0 Å². The van der Waals surface area contributed by atoms with E-state index in [2.05, 4.69) is 10.6 Å². The highest BCUT2D eigenvalue weighted by atomic mass is 16.2. The van der Waals surface area contributed by atoms with Gasteiger partial charge in [0.2, 0.25) is 0 Å². The molecule has 1 unspecified atom stereocenters. The minimum absolute atomic E-state index is 0.0525. The SMILES string of the molecule is CC(N)CNC(=O)Nc1cccc2ccccc12. The Bertz CT molecular complexity index is 546. The molecular weight excluding hydrogens is 226 g/mol. The smallest absolute Gasteiger partial charge is 0.319 e. The zero-order chi connectivity index (χ0) is 13.0. The highest BCUT2D eigenvalue weighted by Gasteiger charge is 2.05.